The summed E-state index contributed by atoms with van der Waals surface area (Å²) < 4.78 is 19.8. The number of carboxylic acids is 1. The largest absolute Gasteiger partial charge is 0.480 e. The molecule has 0 spiro atoms. The van der Waals surface area contributed by atoms with Crippen LogP contribution in [0.3, 0.4) is 0 Å². The first kappa shape index (κ1) is 32.6. The Labute approximate surface area is 263 Å². The fraction of sp³-hybridized carbons (Fsp3) is 0.529. The van der Waals surface area contributed by atoms with Gasteiger partial charge in [-0.3, -0.25) is 19.8 Å². The normalized spacial score (nSPS) is 22.0. The maximum absolute atomic E-state index is 14.3. The van der Waals surface area contributed by atoms with E-state index in [2.05, 4.69) is 16.4 Å². The number of amides is 1. The molecule has 2 saturated heterocycles. The highest BCUT2D eigenvalue weighted by atomic mass is 19.1. The Morgan fingerprint density at radius 2 is 1.87 bits per heavy atom. The van der Waals surface area contributed by atoms with E-state index < -0.39 is 23.0 Å². The van der Waals surface area contributed by atoms with Crippen molar-refractivity contribution in [2.24, 2.45) is 11.8 Å². The van der Waals surface area contributed by atoms with Crippen LogP contribution < -0.4 is 0 Å². The van der Waals surface area contributed by atoms with E-state index in [9.17, 15) is 29.2 Å². The van der Waals surface area contributed by atoms with E-state index in [0.29, 0.717) is 37.5 Å². The first-order valence-corrected chi connectivity index (χ1v) is 15.9. The Hall–Kier alpha value is -3.83. The van der Waals surface area contributed by atoms with Gasteiger partial charge in [-0.15, -0.1) is 6.58 Å². The number of non-ortho nitro benzene ring substituents is 1. The van der Waals surface area contributed by atoms with Crippen LogP contribution in [0.15, 0.2) is 61.2 Å². The van der Waals surface area contributed by atoms with Crippen molar-refractivity contribution in [1.82, 2.24) is 14.7 Å². The van der Waals surface area contributed by atoms with Crippen molar-refractivity contribution in [1.29, 1.82) is 0 Å². The van der Waals surface area contributed by atoms with Crippen LogP contribution in [-0.4, -0.2) is 88.1 Å². The average molecular weight is 623 g/mol. The molecule has 1 aliphatic carbocycles. The number of piperidine rings is 1. The molecule has 0 aromatic heterocycles. The lowest BCUT2D eigenvalue weighted by molar-refractivity contribution is -0.384. The minimum atomic E-state index is -0.774. The van der Waals surface area contributed by atoms with Crippen LogP contribution in [-0.2, 0) is 16.1 Å². The highest BCUT2D eigenvalue weighted by Gasteiger charge is 2.42. The third kappa shape index (κ3) is 8.26. The minimum Gasteiger partial charge on any atom is -0.480 e. The van der Waals surface area contributed by atoms with Crippen LogP contribution in [0.4, 0.5) is 14.9 Å². The number of carbonyl (C=O) groups is 2. The molecule has 2 aromatic carbocycles. The molecule has 3 aliphatic rings. The molecule has 2 heterocycles. The molecule has 11 heteroatoms. The standard InChI is InChI=1S/C34H43FN4O6/c1-2-15-38(34(42)45-23-25-9-11-30(12-10-25)39(43)44)29-13-16-36(17-14-29)20-27-21-37(32(33(40)41)18-24-5-3-6-24)22-31(27)26-7-4-8-28(35)19-26/h2,4,7-12,19,24,27,29,31-32H,1,3,5-6,13-18,20-23H2,(H,40,41)/t27-,31+,32+/m0/s1. The van der Waals surface area contributed by atoms with E-state index in [1.54, 1.807) is 35.2 Å². The van der Waals surface area contributed by atoms with Gasteiger partial charge in [0.15, 0.2) is 0 Å². The molecule has 0 bridgehead atoms. The fourth-order valence-corrected chi connectivity index (χ4v) is 7.11. The molecule has 2 aromatic rings. The number of carbonyl (C=O) groups excluding carboxylic acids is 1. The Balaban J connectivity index is 1.19. The van der Waals surface area contributed by atoms with Crippen LogP contribution in [0, 0.1) is 27.8 Å². The van der Waals surface area contributed by atoms with E-state index in [1.807, 2.05) is 6.07 Å². The number of aliphatic carboxylic acids is 1. The minimum absolute atomic E-state index is 0.0149. The predicted octanol–water partition coefficient (Wildman–Crippen LogP) is 5.68. The van der Waals surface area contributed by atoms with Crippen molar-refractivity contribution in [2.45, 2.75) is 63.1 Å². The highest BCUT2D eigenvalue weighted by Crippen LogP contribution is 2.38. The number of nitro benzene ring substituents is 1. The number of likely N-dealkylation sites (tertiary alicyclic amines) is 2. The molecule has 1 N–H and O–H groups in total. The second-order valence-electron chi connectivity index (χ2n) is 12.7. The number of nitro groups is 1. The van der Waals surface area contributed by atoms with Gasteiger partial charge < -0.3 is 19.6 Å². The summed E-state index contributed by atoms with van der Waals surface area (Å²) in [4.78, 5) is 42.0. The Kier molecular flexibility index (Phi) is 10.8. The van der Waals surface area contributed by atoms with Crippen LogP contribution >= 0.6 is 0 Å². The fourth-order valence-electron chi connectivity index (χ4n) is 7.11. The number of benzene rings is 2. The van der Waals surface area contributed by atoms with Gasteiger partial charge in [0.05, 0.1) is 4.92 Å². The monoisotopic (exact) mass is 622 g/mol. The molecule has 10 nitrogen and oxygen atoms in total. The third-order valence-electron chi connectivity index (χ3n) is 9.81. The van der Waals surface area contributed by atoms with Crippen molar-refractivity contribution in [3.63, 3.8) is 0 Å². The summed E-state index contributed by atoms with van der Waals surface area (Å²) >= 11 is 0. The lowest BCUT2D eigenvalue weighted by Crippen LogP contribution is -2.49. The Morgan fingerprint density at radius 3 is 2.47 bits per heavy atom. The zero-order chi connectivity index (χ0) is 31.9. The lowest BCUT2D eigenvalue weighted by atomic mass is 9.80. The molecular weight excluding hydrogens is 579 g/mol. The van der Waals surface area contributed by atoms with Gasteiger partial charge in [-0.25, -0.2) is 9.18 Å². The number of hydrogen-bond donors (Lipinski definition) is 1. The molecule has 242 valence electrons. The topological polar surface area (TPSA) is 116 Å². The summed E-state index contributed by atoms with van der Waals surface area (Å²) in [6, 6.07) is 12.1. The number of nitrogens with zero attached hydrogens (tertiary/aromatic N) is 4. The van der Waals surface area contributed by atoms with Crippen LogP contribution in [0.5, 0.6) is 0 Å². The summed E-state index contributed by atoms with van der Waals surface area (Å²) in [5.41, 5.74) is 1.56. The van der Waals surface area contributed by atoms with Gasteiger partial charge in [-0.1, -0.05) is 37.5 Å². The number of hydrogen-bond acceptors (Lipinski definition) is 7. The molecule has 45 heavy (non-hydrogen) atoms. The first-order valence-electron chi connectivity index (χ1n) is 15.9. The van der Waals surface area contributed by atoms with Gasteiger partial charge in [0.25, 0.3) is 5.69 Å². The van der Waals surface area contributed by atoms with Gasteiger partial charge in [-0.05, 0) is 66.5 Å². The summed E-state index contributed by atoms with van der Waals surface area (Å²) in [6.07, 6.45) is 6.76. The van der Waals surface area contributed by atoms with E-state index in [4.69, 9.17) is 4.74 Å². The van der Waals surface area contributed by atoms with Crippen molar-refractivity contribution in [2.75, 3.05) is 39.3 Å². The van der Waals surface area contributed by atoms with Gasteiger partial charge in [0, 0.05) is 63.4 Å². The molecule has 0 radical (unpaired) electrons. The lowest BCUT2D eigenvalue weighted by Gasteiger charge is -2.39. The summed E-state index contributed by atoms with van der Waals surface area (Å²) in [7, 11) is 0. The van der Waals surface area contributed by atoms with Gasteiger partial charge in [0.2, 0.25) is 0 Å². The van der Waals surface area contributed by atoms with E-state index >= 15 is 0 Å². The number of carboxylic acid groups (broad SMARTS) is 1. The maximum Gasteiger partial charge on any atom is 0.410 e. The molecule has 3 atom stereocenters. The molecule has 3 fully saturated rings. The van der Waals surface area contributed by atoms with Gasteiger partial charge in [0.1, 0.15) is 18.5 Å². The van der Waals surface area contributed by atoms with Gasteiger partial charge >= 0.3 is 12.1 Å². The van der Waals surface area contributed by atoms with E-state index in [-0.39, 0.29) is 36.0 Å². The third-order valence-corrected chi connectivity index (χ3v) is 9.81. The van der Waals surface area contributed by atoms with Crippen molar-refractivity contribution in [3.8, 4) is 0 Å². The second kappa shape index (κ2) is 15.0. The molecular formula is C34H43FN4O6. The quantitative estimate of drug-likeness (QED) is 0.172. The smallest absolute Gasteiger partial charge is 0.410 e. The van der Waals surface area contributed by atoms with Crippen LogP contribution in [0.1, 0.15) is 55.6 Å². The number of rotatable bonds is 13. The molecule has 2 aliphatic heterocycles. The molecule has 1 amide bonds. The number of ether oxygens (including phenoxy) is 1. The average Bonchev–Trinajstić information content (AvgIpc) is 3.41. The Bertz CT molecular complexity index is 1340. The summed E-state index contributed by atoms with van der Waals surface area (Å²) in [5, 5.41) is 21.0. The van der Waals surface area contributed by atoms with Crippen LogP contribution in [0.25, 0.3) is 0 Å². The van der Waals surface area contributed by atoms with Crippen LogP contribution in [0.2, 0.25) is 0 Å². The first-order chi connectivity index (χ1) is 21.7. The van der Waals surface area contributed by atoms with Crippen molar-refractivity contribution < 1.29 is 28.7 Å². The van der Waals surface area contributed by atoms with Gasteiger partial charge in [-0.2, -0.15) is 0 Å². The second-order valence-corrected chi connectivity index (χ2v) is 12.7. The van der Waals surface area contributed by atoms with Crippen molar-refractivity contribution in [3.05, 3.63) is 88.2 Å². The predicted molar refractivity (Wildman–Crippen MR) is 167 cm³/mol. The SMILES string of the molecule is C=CCN(C(=O)OCc1ccc([N+](=O)[O-])cc1)C1CCN(C[C@H]2CN([C@H](CC3CCC3)C(=O)O)C[C@@H]2c2cccc(F)c2)CC1. The summed E-state index contributed by atoms with van der Waals surface area (Å²) in [6.45, 7) is 7.74. The Morgan fingerprint density at radius 1 is 1.13 bits per heavy atom. The number of halogens is 1. The van der Waals surface area contributed by atoms with Crippen molar-refractivity contribution >= 4 is 17.7 Å². The van der Waals surface area contributed by atoms with E-state index in [1.165, 1.54) is 24.6 Å². The molecule has 5 rings (SSSR count). The van der Waals surface area contributed by atoms with E-state index in [0.717, 1.165) is 50.9 Å². The zero-order valence-corrected chi connectivity index (χ0v) is 25.6. The maximum atomic E-state index is 14.3. The highest BCUT2D eigenvalue weighted by molar-refractivity contribution is 5.73. The molecule has 0 unspecified atom stereocenters. The molecule has 1 saturated carbocycles. The zero-order valence-electron chi connectivity index (χ0n) is 25.6. The summed E-state index contributed by atoms with van der Waals surface area (Å²) in [5.74, 6) is -0.395.